The van der Waals surface area contributed by atoms with E-state index in [2.05, 4.69) is 10.3 Å². The molecule has 0 spiro atoms. The lowest BCUT2D eigenvalue weighted by molar-refractivity contribution is 0.0954. The number of H-pyrrole nitrogens is 1. The molecular weight excluding hydrogens is 317 g/mol. The molecule has 0 bridgehead atoms. The maximum Gasteiger partial charge on any atom is 0.251 e. The van der Waals surface area contributed by atoms with Crippen LogP contribution >= 0.6 is 0 Å². The monoisotopic (exact) mass is 335 g/mol. The smallest absolute Gasteiger partial charge is 0.251 e. The predicted molar refractivity (Wildman–Crippen MR) is 94.9 cm³/mol. The van der Waals surface area contributed by atoms with E-state index in [1.165, 1.54) is 6.07 Å². The van der Waals surface area contributed by atoms with Gasteiger partial charge in [0, 0.05) is 23.2 Å². The van der Waals surface area contributed by atoms with E-state index in [9.17, 15) is 9.18 Å². The Morgan fingerprint density at radius 2 is 1.92 bits per heavy atom. The summed E-state index contributed by atoms with van der Waals surface area (Å²) in [5.74, 6) is -0.457. The van der Waals surface area contributed by atoms with Crippen LogP contribution in [0.15, 0.2) is 36.4 Å². The van der Waals surface area contributed by atoms with Crippen molar-refractivity contribution in [1.29, 1.82) is 5.26 Å². The van der Waals surface area contributed by atoms with Gasteiger partial charge < -0.3 is 10.3 Å². The average Bonchev–Trinajstić information content (AvgIpc) is 2.96. The van der Waals surface area contributed by atoms with Crippen molar-refractivity contribution in [1.82, 2.24) is 10.3 Å². The van der Waals surface area contributed by atoms with Crippen LogP contribution in [-0.4, -0.2) is 17.4 Å². The van der Waals surface area contributed by atoms with Crippen LogP contribution in [0.5, 0.6) is 0 Å². The number of fused-ring (bicyclic) bond motifs is 1. The van der Waals surface area contributed by atoms with Gasteiger partial charge in [0.1, 0.15) is 5.82 Å². The molecule has 0 atom stereocenters. The molecule has 0 radical (unpaired) electrons. The normalized spacial score (nSPS) is 10.6. The minimum absolute atomic E-state index is 0.190. The highest BCUT2D eigenvalue weighted by Crippen LogP contribution is 2.27. The third-order valence-corrected chi connectivity index (χ3v) is 4.37. The Kier molecular flexibility index (Phi) is 4.53. The number of rotatable bonds is 4. The number of halogens is 1. The molecule has 2 N–H and O–H groups in total. The second-order valence-corrected chi connectivity index (χ2v) is 6.04. The molecule has 0 saturated carbocycles. The first-order valence-electron chi connectivity index (χ1n) is 8.06. The van der Waals surface area contributed by atoms with E-state index < -0.39 is 0 Å². The number of hydrogen-bond acceptors (Lipinski definition) is 2. The third kappa shape index (κ3) is 3.24. The number of nitrogens with zero attached hydrogens (tertiary/aromatic N) is 1. The number of aromatic amines is 1. The lowest BCUT2D eigenvalue weighted by Gasteiger charge is -2.07. The standard InChI is InChI=1S/C20H18FN3O/c1-12-3-8-17(21)19-18(12)16(13(2)24-19)9-10-23-20(25)15-6-4-14(11-22)5-7-15/h3-8,24H,9-10H2,1-2H3,(H,23,25). The molecule has 4 nitrogen and oxygen atoms in total. The van der Waals surface area contributed by atoms with Gasteiger partial charge in [-0.3, -0.25) is 4.79 Å². The van der Waals surface area contributed by atoms with Crippen LogP contribution < -0.4 is 5.32 Å². The SMILES string of the molecule is Cc1[nH]c2c(F)ccc(C)c2c1CCNC(=O)c1ccc(C#N)cc1. The van der Waals surface area contributed by atoms with Crippen LogP contribution in [-0.2, 0) is 6.42 Å². The largest absolute Gasteiger partial charge is 0.356 e. The molecule has 126 valence electrons. The van der Waals surface area contributed by atoms with Gasteiger partial charge in [0.15, 0.2) is 0 Å². The highest BCUT2D eigenvalue weighted by atomic mass is 19.1. The lowest BCUT2D eigenvalue weighted by atomic mass is 10.0. The van der Waals surface area contributed by atoms with Gasteiger partial charge in [-0.2, -0.15) is 5.26 Å². The van der Waals surface area contributed by atoms with Crippen molar-refractivity contribution in [2.75, 3.05) is 6.54 Å². The Hall–Kier alpha value is -3.13. The highest BCUT2D eigenvalue weighted by Gasteiger charge is 2.14. The summed E-state index contributed by atoms with van der Waals surface area (Å²) < 4.78 is 14.0. The van der Waals surface area contributed by atoms with Gasteiger partial charge in [0.2, 0.25) is 0 Å². The number of nitrogens with one attached hydrogen (secondary N) is 2. The lowest BCUT2D eigenvalue weighted by Crippen LogP contribution is -2.25. The van der Waals surface area contributed by atoms with E-state index in [0.717, 1.165) is 22.2 Å². The predicted octanol–water partition coefficient (Wildman–Crippen LogP) is 3.77. The zero-order valence-corrected chi connectivity index (χ0v) is 14.1. The first-order valence-corrected chi connectivity index (χ1v) is 8.06. The van der Waals surface area contributed by atoms with Crippen LogP contribution in [0.3, 0.4) is 0 Å². The third-order valence-electron chi connectivity index (χ3n) is 4.37. The zero-order valence-electron chi connectivity index (χ0n) is 14.1. The van der Waals surface area contributed by atoms with Crippen molar-refractivity contribution in [2.24, 2.45) is 0 Å². The molecule has 0 aliphatic rings. The van der Waals surface area contributed by atoms with Crippen LogP contribution in [0.2, 0.25) is 0 Å². The van der Waals surface area contributed by atoms with E-state index in [0.29, 0.717) is 29.6 Å². The van der Waals surface area contributed by atoms with E-state index in [1.807, 2.05) is 19.9 Å². The van der Waals surface area contributed by atoms with E-state index in [-0.39, 0.29) is 11.7 Å². The van der Waals surface area contributed by atoms with Gasteiger partial charge in [-0.1, -0.05) is 6.07 Å². The Morgan fingerprint density at radius 1 is 1.20 bits per heavy atom. The molecule has 25 heavy (non-hydrogen) atoms. The number of aromatic nitrogens is 1. The highest BCUT2D eigenvalue weighted by molar-refractivity contribution is 5.94. The van der Waals surface area contributed by atoms with Gasteiger partial charge >= 0.3 is 0 Å². The topological polar surface area (TPSA) is 68.7 Å². The number of carbonyl (C=O) groups excluding carboxylic acids is 1. The first kappa shape index (κ1) is 16.7. The van der Waals surface area contributed by atoms with Crippen molar-refractivity contribution in [3.05, 3.63) is 70.2 Å². The van der Waals surface area contributed by atoms with Crippen LogP contribution in [0.25, 0.3) is 10.9 Å². The fraction of sp³-hybridized carbons (Fsp3) is 0.200. The summed E-state index contributed by atoms with van der Waals surface area (Å²) in [6, 6.07) is 11.7. The summed E-state index contributed by atoms with van der Waals surface area (Å²) in [7, 11) is 0. The molecule has 3 rings (SSSR count). The molecule has 0 unspecified atom stereocenters. The number of amides is 1. The molecule has 0 aliphatic heterocycles. The summed E-state index contributed by atoms with van der Waals surface area (Å²) in [6.07, 6.45) is 0.609. The summed E-state index contributed by atoms with van der Waals surface area (Å²) in [4.78, 5) is 15.3. The summed E-state index contributed by atoms with van der Waals surface area (Å²) in [6.45, 7) is 4.31. The Morgan fingerprint density at radius 3 is 2.60 bits per heavy atom. The van der Waals surface area contributed by atoms with Crippen LogP contribution in [0.4, 0.5) is 4.39 Å². The fourth-order valence-electron chi connectivity index (χ4n) is 3.05. The number of hydrogen-bond donors (Lipinski definition) is 2. The second-order valence-electron chi connectivity index (χ2n) is 6.04. The van der Waals surface area contributed by atoms with Crippen LogP contribution in [0.1, 0.15) is 32.7 Å². The first-order chi connectivity index (χ1) is 12.0. The molecule has 3 aromatic rings. The van der Waals surface area contributed by atoms with Gasteiger partial charge in [-0.05, 0) is 61.7 Å². The maximum absolute atomic E-state index is 14.0. The number of benzene rings is 2. The Labute approximate surface area is 145 Å². The average molecular weight is 335 g/mol. The van der Waals surface area contributed by atoms with Crippen molar-refractivity contribution < 1.29 is 9.18 Å². The van der Waals surface area contributed by atoms with Crippen molar-refractivity contribution >= 4 is 16.8 Å². The maximum atomic E-state index is 14.0. The fourth-order valence-corrected chi connectivity index (χ4v) is 3.05. The Balaban J connectivity index is 1.73. The zero-order chi connectivity index (χ0) is 18.0. The number of aryl methyl sites for hydroxylation is 2. The molecular formula is C20H18FN3O. The molecule has 0 saturated heterocycles. The van der Waals surface area contributed by atoms with Crippen molar-refractivity contribution in [2.45, 2.75) is 20.3 Å². The summed E-state index contributed by atoms with van der Waals surface area (Å²) in [5.41, 5.74) is 4.49. The summed E-state index contributed by atoms with van der Waals surface area (Å²) in [5, 5.41) is 12.6. The number of nitriles is 1. The summed E-state index contributed by atoms with van der Waals surface area (Å²) >= 11 is 0. The molecule has 2 aromatic carbocycles. The minimum Gasteiger partial charge on any atom is -0.356 e. The van der Waals surface area contributed by atoms with E-state index >= 15 is 0 Å². The van der Waals surface area contributed by atoms with Gasteiger partial charge in [-0.25, -0.2) is 4.39 Å². The minimum atomic E-state index is -0.267. The van der Waals surface area contributed by atoms with Crippen molar-refractivity contribution in [3.63, 3.8) is 0 Å². The quantitative estimate of drug-likeness (QED) is 0.762. The van der Waals surface area contributed by atoms with Crippen LogP contribution in [0, 0.1) is 31.0 Å². The molecule has 1 aromatic heterocycles. The van der Waals surface area contributed by atoms with E-state index in [1.54, 1.807) is 30.3 Å². The molecule has 0 aliphatic carbocycles. The van der Waals surface area contributed by atoms with Gasteiger partial charge in [0.25, 0.3) is 5.91 Å². The molecule has 0 fully saturated rings. The Bertz CT molecular complexity index is 981. The second kappa shape index (κ2) is 6.78. The van der Waals surface area contributed by atoms with Crippen molar-refractivity contribution in [3.8, 4) is 6.07 Å². The van der Waals surface area contributed by atoms with Gasteiger partial charge in [-0.15, -0.1) is 0 Å². The molecule has 5 heteroatoms. The number of carbonyl (C=O) groups is 1. The molecule has 1 heterocycles. The van der Waals surface area contributed by atoms with Gasteiger partial charge in [0.05, 0.1) is 17.1 Å². The van der Waals surface area contributed by atoms with E-state index in [4.69, 9.17) is 5.26 Å². The molecule has 1 amide bonds.